The lowest BCUT2D eigenvalue weighted by Gasteiger charge is -2.15. The highest BCUT2D eigenvalue weighted by Crippen LogP contribution is 2.25. The fraction of sp³-hybridized carbons (Fsp3) is 0.304. The number of methoxy groups -OCH3 is 1. The maximum absolute atomic E-state index is 11.6. The number of hydrogen-bond donors (Lipinski definition) is 3. The van der Waals surface area contributed by atoms with Crippen molar-refractivity contribution in [2.45, 2.75) is 33.4 Å². The van der Waals surface area contributed by atoms with Gasteiger partial charge in [0.15, 0.2) is 6.04 Å². The Morgan fingerprint density at radius 1 is 1.06 bits per heavy atom. The first kappa shape index (κ1) is 23.8. The lowest BCUT2D eigenvalue weighted by molar-refractivity contribution is -0.142. The van der Waals surface area contributed by atoms with Crippen LogP contribution in [0.3, 0.4) is 0 Å². The van der Waals surface area contributed by atoms with Crippen molar-refractivity contribution in [3.8, 4) is 11.1 Å². The minimum absolute atomic E-state index is 0.168. The normalized spacial score (nSPS) is 11.0. The topological polar surface area (TPSA) is 109 Å². The molecule has 3 aromatic rings. The predicted molar refractivity (Wildman–Crippen MR) is 122 cm³/mol. The summed E-state index contributed by atoms with van der Waals surface area (Å²) in [6.07, 6.45) is 1.33. The van der Waals surface area contributed by atoms with Crippen LogP contribution in [0.4, 0.5) is 11.9 Å². The van der Waals surface area contributed by atoms with E-state index in [2.05, 4.69) is 55.4 Å². The molecule has 1 aromatic heterocycles. The fourth-order valence-electron chi connectivity index (χ4n) is 2.91. The van der Waals surface area contributed by atoms with E-state index < -0.39 is 18.6 Å². The van der Waals surface area contributed by atoms with Crippen molar-refractivity contribution < 1.29 is 14.6 Å². The third-order valence-corrected chi connectivity index (χ3v) is 4.51. The molecule has 2 aromatic carbocycles. The summed E-state index contributed by atoms with van der Waals surface area (Å²) in [4.78, 5) is 23.9. The zero-order valence-electron chi connectivity index (χ0n) is 18.3. The highest BCUT2D eigenvalue weighted by atomic mass is 16.5. The number of benzene rings is 2. The Morgan fingerprint density at radius 2 is 1.77 bits per heavy atom. The molecule has 1 unspecified atom stereocenters. The highest BCUT2D eigenvalue weighted by molar-refractivity contribution is 5.78. The molecule has 3 N–H and O–H groups in total. The number of aliphatic hydroxyl groups excluding tert-OH is 1. The minimum Gasteiger partial charge on any atom is -0.467 e. The summed E-state index contributed by atoms with van der Waals surface area (Å²) in [6, 6.07) is 15.4. The van der Waals surface area contributed by atoms with Crippen LogP contribution in [0.1, 0.15) is 25.0 Å². The number of carbonyl (C=O) groups excluding carboxylic acids is 1. The van der Waals surface area contributed by atoms with Gasteiger partial charge in [0.25, 0.3) is 0 Å². The molecule has 8 nitrogen and oxygen atoms in total. The number of rotatable bonds is 8. The van der Waals surface area contributed by atoms with Crippen LogP contribution in [0.25, 0.3) is 11.1 Å². The van der Waals surface area contributed by atoms with Gasteiger partial charge in [-0.2, -0.15) is 4.98 Å². The van der Waals surface area contributed by atoms with E-state index in [1.165, 1.54) is 24.6 Å². The van der Waals surface area contributed by atoms with Gasteiger partial charge in [-0.3, -0.25) is 0 Å². The van der Waals surface area contributed by atoms with Crippen LogP contribution in [0.5, 0.6) is 0 Å². The molecule has 0 aliphatic carbocycles. The van der Waals surface area contributed by atoms with Crippen LogP contribution in [-0.4, -0.2) is 45.8 Å². The van der Waals surface area contributed by atoms with Crippen LogP contribution in [-0.2, 0) is 16.1 Å². The van der Waals surface area contributed by atoms with Gasteiger partial charge in [0.2, 0.25) is 11.9 Å². The largest absolute Gasteiger partial charge is 0.467 e. The van der Waals surface area contributed by atoms with Gasteiger partial charge in [-0.05, 0) is 29.2 Å². The molecule has 1 heterocycles. The predicted octanol–water partition coefficient (Wildman–Crippen LogP) is 3.43. The molecule has 1 atom stereocenters. The number of ether oxygens (including phenoxy) is 1. The maximum atomic E-state index is 11.6. The number of esters is 1. The molecule has 0 bridgehead atoms. The molecule has 0 saturated carbocycles. The summed E-state index contributed by atoms with van der Waals surface area (Å²) in [5, 5.41) is 15.2. The maximum Gasteiger partial charge on any atom is 0.330 e. The monoisotopic (exact) mass is 423 g/mol. The first-order chi connectivity index (χ1) is 15.1. The van der Waals surface area contributed by atoms with Gasteiger partial charge >= 0.3 is 5.97 Å². The van der Waals surface area contributed by atoms with E-state index in [1.54, 1.807) is 0 Å². The van der Waals surface area contributed by atoms with E-state index in [4.69, 9.17) is 0 Å². The second-order valence-electron chi connectivity index (χ2n) is 6.34. The molecule has 8 heteroatoms. The molecule has 0 aliphatic heterocycles. The Balaban J connectivity index is 0.00000166. The van der Waals surface area contributed by atoms with Crippen LogP contribution in [0.15, 0.2) is 54.9 Å². The molecule has 164 valence electrons. The average molecular weight is 424 g/mol. The fourth-order valence-corrected chi connectivity index (χ4v) is 2.91. The Hall–Kier alpha value is -3.52. The summed E-state index contributed by atoms with van der Waals surface area (Å²) >= 11 is 0. The standard InChI is InChI=1S/C21H23N5O3.C2H6/c1-14-16(9-6-10-17(14)15-7-4-3-5-8-15)11-22-20-23-13-24-21(26-20)25-18(12-27)19(28)29-2;1-2/h3-10,13,18,27H,11-12H2,1-2H3,(H2,22,23,24,25,26);1-2H3. The molecule has 0 spiro atoms. The lowest BCUT2D eigenvalue weighted by Crippen LogP contribution is -2.34. The number of aliphatic hydroxyl groups is 1. The third kappa shape index (κ3) is 6.48. The van der Waals surface area contributed by atoms with Crippen LogP contribution in [0, 0.1) is 6.92 Å². The Bertz CT molecular complexity index is 966. The van der Waals surface area contributed by atoms with Crippen LogP contribution < -0.4 is 10.6 Å². The van der Waals surface area contributed by atoms with Crippen molar-refractivity contribution in [3.63, 3.8) is 0 Å². The van der Waals surface area contributed by atoms with Gasteiger partial charge < -0.3 is 20.5 Å². The highest BCUT2D eigenvalue weighted by Gasteiger charge is 2.19. The second-order valence-corrected chi connectivity index (χ2v) is 6.34. The van der Waals surface area contributed by atoms with Gasteiger partial charge in [0.05, 0.1) is 13.7 Å². The van der Waals surface area contributed by atoms with Gasteiger partial charge in [-0.15, -0.1) is 0 Å². The quantitative estimate of drug-likeness (QED) is 0.473. The van der Waals surface area contributed by atoms with Crippen molar-refractivity contribution in [1.29, 1.82) is 0 Å². The van der Waals surface area contributed by atoms with E-state index >= 15 is 0 Å². The summed E-state index contributed by atoms with van der Waals surface area (Å²) < 4.78 is 4.62. The van der Waals surface area contributed by atoms with E-state index in [1.807, 2.05) is 44.2 Å². The Labute approximate surface area is 182 Å². The Kier molecular flexibility index (Phi) is 9.38. The minimum atomic E-state index is -0.944. The SMILES string of the molecule is CC.COC(=O)C(CO)Nc1ncnc(NCc2cccc(-c3ccccc3)c2C)n1. The van der Waals surface area contributed by atoms with Crippen molar-refractivity contribution >= 4 is 17.9 Å². The molecule has 3 rings (SSSR count). The van der Waals surface area contributed by atoms with E-state index in [9.17, 15) is 9.90 Å². The molecular formula is C23H29N5O3. The number of nitrogens with zero attached hydrogens (tertiary/aromatic N) is 3. The molecule has 0 amide bonds. The lowest BCUT2D eigenvalue weighted by atomic mass is 9.96. The van der Waals surface area contributed by atoms with E-state index in [0.717, 1.165) is 11.1 Å². The third-order valence-electron chi connectivity index (χ3n) is 4.51. The van der Waals surface area contributed by atoms with E-state index in [-0.39, 0.29) is 5.95 Å². The zero-order valence-corrected chi connectivity index (χ0v) is 18.3. The van der Waals surface area contributed by atoms with Gasteiger partial charge in [-0.25, -0.2) is 14.8 Å². The molecule has 0 saturated heterocycles. The van der Waals surface area contributed by atoms with Gasteiger partial charge in [0.1, 0.15) is 6.33 Å². The molecule has 0 fully saturated rings. The first-order valence-corrected chi connectivity index (χ1v) is 10.1. The summed E-state index contributed by atoms with van der Waals surface area (Å²) in [7, 11) is 1.25. The van der Waals surface area contributed by atoms with Crippen LogP contribution in [0.2, 0.25) is 0 Å². The van der Waals surface area contributed by atoms with Crippen molar-refractivity contribution in [3.05, 3.63) is 66.0 Å². The van der Waals surface area contributed by atoms with Crippen molar-refractivity contribution in [2.24, 2.45) is 0 Å². The van der Waals surface area contributed by atoms with Crippen molar-refractivity contribution in [2.75, 3.05) is 24.4 Å². The molecule has 0 radical (unpaired) electrons. The van der Waals surface area contributed by atoms with Crippen molar-refractivity contribution in [1.82, 2.24) is 15.0 Å². The average Bonchev–Trinajstić information content (AvgIpc) is 2.83. The molecular weight excluding hydrogens is 394 g/mol. The zero-order chi connectivity index (χ0) is 22.6. The summed E-state index contributed by atoms with van der Waals surface area (Å²) in [5.74, 6) is -0.0777. The molecule has 0 aliphatic rings. The number of aromatic nitrogens is 3. The molecule has 31 heavy (non-hydrogen) atoms. The summed E-state index contributed by atoms with van der Waals surface area (Å²) in [6.45, 7) is 6.17. The number of hydrogen-bond acceptors (Lipinski definition) is 8. The van der Waals surface area contributed by atoms with E-state index in [0.29, 0.717) is 12.5 Å². The number of nitrogens with one attached hydrogen (secondary N) is 2. The number of anilines is 2. The first-order valence-electron chi connectivity index (χ1n) is 10.1. The smallest absolute Gasteiger partial charge is 0.330 e. The van der Waals surface area contributed by atoms with Gasteiger partial charge in [0, 0.05) is 6.54 Å². The Morgan fingerprint density at radius 3 is 2.45 bits per heavy atom. The van der Waals surface area contributed by atoms with Gasteiger partial charge in [-0.1, -0.05) is 62.4 Å². The van der Waals surface area contributed by atoms with Crippen LogP contribution >= 0.6 is 0 Å². The number of carbonyl (C=O) groups is 1. The summed E-state index contributed by atoms with van der Waals surface area (Å²) in [5.41, 5.74) is 4.62. The second kappa shape index (κ2) is 12.2.